The minimum absolute atomic E-state index is 0.168. The highest BCUT2D eigenvalue weighted by Crippen LogP contribution is 2.57. The van der Waals surface area contributed by atoms with Gasteiger partial charge >= 0.3 is 0 Å². The second kappa shape index (κ2) is 4.34. The number of benzene rings is 1. The number of nitrogens with zero attached hydrogens (tertiary/aromatic N) is 1. The van der Waals surface area contributed by atoms with E-state index in [1.165, 1.54) is 38.5 Å². The first-order valence-corrected chi connectivity index (χ1v) is 7.99. The molecule has 0 radical (unpaired) electrons. The van der Waals surface area contributed by atoms with Crippen LogP contribution in [0.1, 0.15) is 48.9 Å². The van der Waals surface area contributed by atoms with Crippen molar-refractivity contribution in [2.24, 2.45) is 17.8 Å². The third-order valence-electron chi connectivity index (χ3n) is 6.04. The van der Waals surface area contributed by atoms with Crippen LogP contribution < -0.4 is 0 Å². The van der Waals surface area contributed by atoms with E-state index in [9.17, 15) is 4.79 Å². The van der Waals surface area contributed by atoms with Crippen LogP contribution in [-0.2, 0) is 0 Å². The minimum Gasteiger partial charge on any atom is -0.336 e. The third kappa shape index (κ3) is 1.81. The lowest BCUT2D eigenvalue weighted by atomic mass is 9.52. The normalized spacial score (nSPS) is 38.0. The third-order valence-corrected chi connectivity index (χ3v) is 6.04. The van der Waals surface area contributed by atoms with Crippen LogP contribution in [0, 0.1) is 17.8 Å². The van der Waals surface area contributed by atoms with Crippen molar-refractivity contribution in [3.05, 3.63) is 35.9 Å². The fraction of sp³-hybridized carbons (Fsp3) is 0.611. The predicted octanol–water partition coefficient (Wildman–Crippen LogP) is 3.73. The summed E-state index contributed by atoms with van der Waals surface area (Å²) in [7, 11) is 2.04. The lowest BCUT2D eigenvalue weighted by Crippen LogP contribution is -2.60. The Hall–Kier alpha value is -1.31. The van der Waals surface area contributed by atoms with Crippen molar-refractivity contribution in [3.8, 4) is 0 Å². The molecule has 4 saturated carbocycles. The standard InChI is InChI=1S/C18H23NO/c1-19(17(20)16-5-3-2-4-6-16)18-10-13-7-14(11-18)9-15(8-13)12-18/h2-6,13-15H,7-12H2,1H3. The van der Waals surface area contributed by atoms with Gasteiger partial charge in [0, 0.05) is 18.2 Å². The highest BCUT2D eigenvalue weighted by atomic mass is 16.2. The van der Waals surface area contributed by atoms with E-state index in [2.05, 4.69) is 4.90 Å². The van der Waals surface area contributed by atoms with Gasteiger partial charge in [-0.05, 0) is 68.4 Å². The van der Waals surface area contributed by atoms with Gasteiger partial charge in [-0.1, -0.05) is 18.2 Å². The highest BCUT2D eigenvalue weighted by molar-refractivity contribution is 5.94. The Morgan fingerprint density at radius 3 is 2.00 bits per heavy atom. The Labute approximate surface area is 121 Å². The summed E-state index contributed by atoms with van der Waals surface area (Å²) in [6.07, 6.45) is 8.00. The monoisotopic (exact) mass is 269 g/mol. The molecule has 4 aliphatic carbocycles. The Morgan fingerprint density at radius 2 is 1.50 bits per heavy atom. The topological polar surface area (TPSA) is 20.3 Å². The van der Waals surface area contributed by atoms with Crippen molar-refractivity contribution in [1.29, 1.82) is 0 Å². The van der Waals surface area contributed by atoms with Crippen molar-refractivity contribution < 1.29 is 4.79 Å². The van der Waals surface area contributed by atoms with Crippen LogP contribution in [-0.4, -0.2) is 23.4 Å². The summed E-state index contributed by atoms with van der Waals surface area (Å²) in [6, 6.07) is 9.78. The lowest BCUT2D eigenvalue weighted by Gasteiger charge is -2.59. The molecule has 106 valence electrons. The molecule has 1 aromatic carbocycles. The van der Waals surface area contributed by atoms with E-state index in [1.54, 1.807) is 0 Å². The fourth-order valence-corrected chi connectivity index (χ4v) is 5.47. The Kier molecular flexibility index (Phi) is 2.70. The predicted molar refractivity (Wildman–Crippen MR) is 79.4 cm³/mol. The molecule has 0 unspecified atom stereocenters. The van der Waals surface area contributed by atoms with E-state index in [0.29, 0.717) is 0 Å². The molecular weight excluding hydrogens is 246 g/mol. The zero-order valence-electron chi connectivity index (χ0n) is 12.2. The van der Waals surface area contributed by atoms with Gasteiger partial charge in [0.1, 0.15) is 0 Å². The number of carbonyl (C=O) groups excluding carboxylic acids is 1. The molecule has 0 saturated heterocycles. The van der Waals surface area contributed by atoms with Crippen molar-refractivity contribution in [3.63, 3.8) is 0 Å². The first kappa shape index (κ1) is 12.4. The molecule has 0 atom stereocenters. The maximum absolute atomic E-state index is 12.8. The maximum atomic E-state index is 12.8. The number of carbonyl (C=O) groups is 1. The molecule has 5 rings (SSSR count). The van der Waals surface area contributed by atoms with E-state index in [-0.39, 0.29) is 11.4 Å². The maximum Gasteiger partial charge on any atom is 0.254 e. The van der Waals surface area contributed by atoms with Crippen LogP contribution in [0.2, 0.25) is 0 Å². The van der Waals surface area contributed by atoms with Gasteiger partial charge in [-0.2, -0.15) is 0 Å². The molecule has 4 bridgehead atoms. The van der Waals surface area contributed by atoms with Gasteiger partial charge in [0.15, 0.2) is 0 Å². The first-order valence-electron chi connectivity index (χ1n) is 7.99. The fourth-order valence-electron chi connectivity index (χ4n) is 5.47. The summed E-state index contributed by atoms with van der Waals surface area (Å²) in [4.78, 5) is 14.9. The van der Waals surface area contributed by atoms with Crippen molar-refractivity contribution in [2.75, 3.05) is 7.05 Å². The molecule has 4 fully saturated rings. The van der Waals surface area contributed by atoms with Gasteiger partial charge in [0.25, 0.3) is 5.91 Å². The molecule has 0 aliphatic heterocycles. The molecule has 0 heterocycles. The van der Waals surface area contributed by atoms with E-state index >= 15 is 0 Å². The largest absolute Gasteiger partial charge is 0.336 e. The van der Waals surface area contributed by atoms with Crippen LogP contribution in [0.3, 0.4) is 0 Å². The smallest absolute Gasteiger partial charge is 0.254 e. The van der Waals surface area contributed by atoms with E-state index in [1.807, 2.05) is 37.4 Å². The average Bonchev–Trinajstić information content (AvgIpc) is 2.45. The van der Waals surface area contributed by atoms with Crippen LogP contribution in [0.15, 0.2) is 30.3 Å². The zero-order chi connectivity index (χ0) is 13.7. The number of hydrogen-bond acceptors (Lipinski definition) is 1. The number of hydrogen-bond donors (Lipinski definition) is 0. The average molecular weight is 269 g/mol. The molecule has 1 amide bonds. The summed E-state index contributed by atoms with van der Waals surface area (Å²) < 4.78 is 0. The summed E-state index contributed by atoms with van der Waals surface area (Å²) in [5.74, 6) is 2.86. The summed E-state index contributed by atoms with van der Waals surface area (Å²) in [5.41, 5.74) is 1.01. The summed E-state index contributed by atoms with van der Waals surface area (Å²) in [5, 5.41) is 0. The van der Waals surface area contributed by atoms with E-state index < -0.39 is 0 Å². The molecule has 0 aromatic heterocycles. The summed E-state index contributed by atoms with van der Waals surface area (Å²) in [6.45, 7) is 0. The Balaban J connectivity index is 1.62. The SMILES string of the molecule is CN(C(=O)c1ccccc1)C12CC3CC(CC(C3)C1)C2. The van der Waals surface area contributed by atoms with Crippen LogP contribution in [0.4, 0.5) is 0 Å². The van der Waals surface area contributed by atoms with Crippen LogP contribution >= 0.6 is 0 Å². The molecule has 0 N–H and O–H groups in total. The quantitative estimate of drug-likeness (QED) is 0.801. The lowest BCUT2D eigenvalue weighted by molar-refractivity contribution is -0.0665. The van der Waals surface area contributed by atoms with Gasteiger partial charge < -0.3 is 4.90 Å². The molecule has 2 nitrogen and oxygen atoms in total. The van der Waals surface area contributed by atoms with E-state index in [4.69, 9.17) is 0 Å². The number of amides is 1. The van der Waals surface area contributed by atoms with Crippen LogP contribution in [0.5, 0.6) is 0 Å². The number of rotatable bonds is 2. The van der Waals surface area contributed by atoms with Gasteiger partial charge in [-0.3, -0.25) is 4.79 Å². The zero-order valence-corrected chi connectivity index (χ0v) is 12.2. The van der Waals surface area contributed by atoms with Gasteiger partial charge in [-0.15, -0.1) is 0 Å². The Morgan fingerprint density at radius 1 is 1.00 bits per heavy atom. The molecule has 0 spiro atoms. The minimum atomic E-state index is 0.168. The van der Waals surface area contributed by atoms with Gasteiger partial charge in [0.05, 0.1) is 0 Å². The van der Waals surface area contributed by atoms with Crippen molar-refractivity contribution >= 4 is 5.91 Å². The Bertz CT molecular complexity index is 486. The second-order valence-electron chi connectivity index (χ2n) is 7.37. The van der Waals surface area contributed by atoms with Crippen LogP contribution in [0.25, 0.3) is 0 Å². The molecule has 20 heavy (non-hydrogen) atoms. The highest BCUT2D eigenvalue weighted by Gasteiger charge is 2.53. The molecule has 4 aliphatic rings. The molecular formula is C18H23NO. The van der Waals surface area contributed by atoms with Crippen molar-refractivity contribution in [1.82, 2.24) is 4.90 Å². The second-order valence-corrected chi connectivity index (χ2v) is 7.37. The van der Waals surface area contributed by atoms with Gasteiger partial charge in [-0.25, -0.2) is 0 Å². The van der Waals surface area contributed by atoms with Crippen molar-refractivity contribution in [2.45, 2.75) is 44.1 Å². The van der Waals surface area contributed by atoms with E-state index in [0.717, 1.165) is 23.3 Å². The first-order chi connectivity index (χ1) is 9.66. The summed E-state index contributed by atoms with van der Waals surface area (Å²) >= 11 is 0. The molecule has 1 aromatic rings. The molecule has 2 heteroatoms. The van der Waals surface area contributed by atoms with Gasteiger partial charge in [0.2, 0.25) is 0 Å².